The normalized spacial score (nSPS) is 11.8. The number of hydrogen-bond acceptors (Lipinski definition) is 6. The van der Waals surface area contributed by atoms with Crippen molar-refractivity contribution in [2.24, 2.45) is 7.05 Å². The predicted octanol–water partition coefficient (Wildman–Crippen LogP) is 2.68. The van der Waals surface area contributed by atoms with E-state index in [4.69, 9.17) is 5.73 Å². The van der Waals surface area contributed by atoms with Crippen LogP contribution in [0.25, 0.3) is 33.8 Å². The zero-order chi connectivity index (χ0) is 19.2. The smallest absolute Gasteiger partial charge is 0.175 e. The summed E-state index contributed by atoms with van der Waals surface area (Å²) in [4.78, 5) is 13.8. The number of imidazole rings is 1. The molecule has 0 radical (unpaired) electrons. The molecule has 0 aliphatic heterocycles. The molecule has 0 spiro atoms. The highest BCUT2D eigenvalue weighted by molar-refractivity contribution is 7.90. The number of nitrogen functional groups attached to an aromatic ring is 1. The molecule has 0 bridgehead atoms. The number of nitrogens with zero attached hydrogens (tertiary/aromatic N) is 4. The highest BCUT2D eigenvalue weighted by atomic mass is 32.2. The average Bonchev–Trinajstić information content (AvgIpc) is 2.98. The number of anilines is 1. The zero-order valence-electron chi connectivity index (χ0n) is 14.8. The number of nitrogens with two attached hydrogens (primary N) is 1. The molecule has 0 fully saturated rings. The Bertz CT molecular complexity index is 1260. The number of para-hydroxylation sites is 2. The summed E-state index contributed by atoms with van der Waals surface area (Å²) in [6.45, 7) is 0. The lowest BCUT2D eigenvalue weighted by Gasteiger charge is -2.08. The molecular formula is C19H17N5O2S. The van der Waals surface area contributed by atoms with E-state index in [1.807, 2.05) is 35.9 Å². The van der Waals surface area contributed by atoms with Gasteiger partial charge in [0, 0.05) is 18.9 Å². The van der Waals surface area contributed by atoms with Crippen molar-refractivity contribution in [3.8, 4) is 22.8 Å². The number of aromatic nitrogens is 4. The van der Waals surface area contributed by atoms with Crippen LogP contribution in [-0.2, 0) is 16.9 Å². The fourth-order valence-corrected chi connectivity index (χ4v) is 3.56. The minimum atomic E-state index is -3.25. The molecule has 4 aromatic rings. The first kappa shape index (κ1) is 17.2. The lowest BCUT2D eigenvalue weighted by Crippen LogP contribution is -2.03. The molecule has 4 rings (SSSR count). The Kier molecular flexibility index (Phi) is 3.92. The predicted molar refractivity (Wildman–Crippen MR) is 105 cm³/mol. The lowest BCUT2D eigenvalue weighted by molar-refractivity contribution is 0.602. The van der Waals surface area contributed by atoms with Crippen LogP contribution in [0.4, 0.5) is 5.82 Å². The van der Waals surface area contributed by atoms with Crippen LogP contribution in [-0.4, -0.2) is 34.2 Å². The molecule has 0 saturated heterocycles. The molecule has 2 aromatic heterocycles. The van der Waals surface area contributed by atoms with Crippen LogP contribution in [0, 0.1) is 0 Å². The Balaban J connectivity index is 1.83. The van der Waals surface area contributed by atoms with Gasteiger partial charge in [0.1, 0.15) is 5.69 Å². The molecule has 2 aromatic carbocycles. The fraction of sp³-hybridized carbons (Fsp3) is 0.105. The van der Waals surface area contributed by atoms with Gasteiger partial charge in [-0.1, -0.05) is 24.3 Å². The van der Waals surface area contributed by atoms with Crippen molar-refractivity contribution < 1.29 is 8.42 Å². The summed E-state index contributed by atoms with van der Waals surface area (Å²) in [5.41, 5.74) is 9.70. The molecule has 0 amide bonds. The Morgan fingerprint density at radius 2 is 1.70 bits per heavy atom. The monoisotopic (exact) mass is 379 g/mol. The Hall–Kier alpha value is -3.26. The maximum atomic E-state index is 11.6. The van der Waals surface area contributed by atoms with E-state index in [2.05, 4.69) is 15.0 Å². The van der Waals surface area contributed by atoms with E-state index >= 15 is 0 Å². The first-order chi connectivity index (χ1) is 12.8. The molecule has 0 aliphatic carbocycles. The van der Waals surface area contributed by atoms with Gasteiger partial charge in [-0.05, 0) is 24.3 Å². The highest BCUT2D eigenvalue weighted by Gasteiger charge is 2.16. The molecule has 0 atom stereocenters. The third kappa shape index (κ3) is 3.04. The van der Waals surface area contributed by atoms with Crippen LogP contribution in [0.5, 0.6) is 0 Å². The van der Waals surface area contributed by atoms with Crippen molar-refractivity contribution in [3.05, 3.63) is 54.7 Å². The van der Waals surface area contributed by atoms with Gasteiger partial charge >= 0.3 is 0 Å². The molecule has 2 N–H and O–H groups in total. The van der Waals surface area contributed by atoms with Gasteiger partial charge in [0.25, 0.3) is 0 Å². The van der Waals surface area contributed by atoms with E-state index in [1.165, 1.54) is 6.26 Å². The summed E-state index contributed by atoms with van der Waals surface area (Å²) < 4.78 is 25.2. The van der Waals surface area contributed by atoms with Crippen molar-refractivity contribution >= 4 is 26.7 Å². The third-order valence-corrected chi connectivity index (χ3v) is 5.51. The van der Waals surface area contributed by atoms with Crippen LogP contribution < -0.4 is 5.73 Å². The van der Waals surface area contributed by atoms with Gasteiger partial charge in [0.15, 0.2) is 21.5 Å². The lowest BCUT2D eigenvalue weighted by atomic mass is 10.1. The number of hydrogen-bond donors (Lipinski definition) is 1. The summed E-state index contributed by atoms with van der Waals surface area (Å²) in [6.07, 6.45) is 2.74. The average molecular weight is 379 g/mol. The molecule has 0 saturated carbocycles. The fourth-order valence-electron chi connectivity index (χ4n) is 2.93. The second-order valence-corrected chi connectivity index (χ2v) is 8.28. The number of aryl methyl sites for hydroxylation is 1. The standard InChI is InChI=1S/C19H17N5O2S/c1-24-16-6-4-3-5-14(16)23-19(24)17-18(20)21-11-15(22-17)12-7-9-13(10-8-12)27(2,25)26/h3-11H,1-2H3,(H2,20,21). The first-order valence-electron chi connectivity index (χ1n) is 8.19. The van der Waals surface area contributed by atoms with Gasteiger partial charge in [0.2, 0.25) is 0 Å². The van der Waals surface area contributed by atoms with Crippen LogP contribution in [0.15, 0.2) is 59.6 Å². The van der Waals surface area contributed by atoms with Crippen LogP contribution >= 0.6 is 0 Å². The summed E-state index contributed by atoms with van der Waals surface area (Å²) in [7, 11) is -1.35. The van der Waals surface area contributed by atoms with Gasteiger partial charge in [-0.25, -0.2) is 23.4 Å². The van der Waals surface area contributed by atoms with Crippen molar-refractivity contribution in [3.63, 3.8) is 0 Å². The largest absolute Gasteiger partial charge is 0.382 e. The summed E-state index contributed by atoms with van der Waals surface area (Å²) in [6, 6.07) is 14.3. The maximum Gasteiger partial charge on any atom is 0.175 e. The molecule has 8 heteroatoms. The van der Waals surface area contributed by atoms with Crippen LogP contribution in [0.1, 0.15) is 0 Å². The quantitative estimate of drug-likeness (QED) is 0.587. The van der Waals surface area contributed by atoms with Gasteiger partial charge < -0.3 is 10.3 Å². The number of fused-ring (bicyclic) bond motifs is 1. The molecular weight excluding hydrogens is 362 g/mol. The Morgan fingerprint density at radius 3 is 2.37 bits per heavy atom. The zero-order valence-corrected chi connectivity index (χ0v) is 15.6. The minimum Gasteiger partial charge on any atom is -0.382 e. The molecule has 27 heavy (non-hydrogen) atoms. The van der Waals surface area contributed by atoms with E-state index in [0.717, 1.165) is 16.6 Å². The summed E-state index contributed by atoms with van der Waals surface area (Å²) >= 11 is 0. The van der Waals surface area contributed by atoms with E-state index in [9.17, 15) is 8.42 Å². The van der Waals surface area contributed by atoms with Crippen LogP contribution in [0.2, 0.25) is 0 Å². The molecule has 0 aliphatic rings. The topological polar surface area (TPSA) is 104 Å². The summed E-state index contributed by atoms with van der Waals surface area (Å²) in [5, 5.41) is 0. The van der Waals surface area contributed by atoms with Crippen molar-refractivity contribution in [2.75, 3.05) is 12.0 Å². The van der Waals surface area contributed by atoms with E-state index in [0.29, 0.717) is 17.2 Å². The van der Waals surface area contributed by atoms with Gasteiger partial charge in [-0.2, -0.15) is 0 Å². The third-order valence-electron chi connectivity index (χ3n) is 4.38. The number of sulfone groups is 1. The highest BCUT2D eigenvalue weighted by Crippen LogP contribution is 2.28. The second-order valence-electron chi connectivity index (χ2n) is 6.27. The SMILES string of the molecule is Cn1c(-c2nc(-c3ccc(S(C)(=O)=O)cc3)cnc2N)nc2ccccc21. The molecule has 2 heterocycles. The molecule has 7 nitrogen and oxygen atoms in total. The summed E-state index contributed by atoms with van der Waals surface area (Å²) in [5.74, 6) is 0.903. The Morgan fingerprint density at radius 1 is 1.00 bits per heavy atom. The second kappa shape index (κ2) is 6.17. The van der Waals surface area contributed by atoms with Crippen molar-refractivity contribution in [2.45, 2.75) is 4.90 Å². The maximum absolute atomic E-state index is 11.6. The first-order valence-corrected chi connectivity index (χ1v) is 10.1. The number of rotatable bonds is 3. The van der Waals surface area contributed by atoms with E-state index < -0.39 is 9.84 Å². The molecule has 136 valence electrons. The number of benzene rings is 2. The van der Waals surface area contributed by atoms with Crippen LogP contribution in [0.3, 0.4) is 0 Å². The van der Waals surface area contributed by atoms with E-state index in [-0.39, 0.29) is 10.7 Å². The van der Waals surface area contributed by atoms with Gasteiger partial charge in [-0.3, -0.25) is 0 Å². The van der Waals surface area contributed by atoms with Gasteiger partial charge in [0.05, 0.1) is 27.8 Å². The Labute approximate surface area is 156 Å². The minimum absolute atomic E-state index is 0.255. The van der Waals surface area contributed by atoms with Gasteiger partial charge in [-0.15, -0.1) is 0 Å². The molecule has 0 unspecified atom stereocenters. The van der Waals surface area contributed by atoms with Crippen molar-refractivity contribution in [1.82, 2.24) is 19.5 Å². The van der Waals surface area contributed by atoms with E-state index in [1.54, 1.807) is 30.5 Å². The van der Waals surface area contributed by atoms with Crippen molar-refractivity contribution in [1.29, 1.82) is 0 Å².